The van der Waals surface area contributed by atoms with Gasteiger partial charge in [-0.05, 0) is 42.9 Å². The number of ether oxygens (including phenoxy) is 1. The molecule has 0 aliphatic carbocycles. The van der Waals surface area contributed by atoms with Crippen LogP contribution in [0.5, 0.6) is 5.75 Å². The average Bonchev–Trinajstić information content (AvgIpc) is 2.46. The van der Waals surface area contributed by atoms with Crippen molar-refractivity contribution >= 4 is 28.9 Å². The molecule has 21 heavy (non-hydrogen) atoms. The molecule has 1 rings (SSSR count). The summed E-state index contributed by atoms with van der Waals surface area (Å²) < 4.78 is 5.39. The molecule has 0 saturated carbocycles. The number of hydrogen-bond acceptors (Lipinski definition) is 3. The van der Waals surface area contributed by atoms with Gasteiger partial charge in [0.1, 0.15) is 12.4 Å². The van der Waals surface area contributed by atoms with Crippen molar-refractivity contribution in [3.63, 3.8) is 0 Å². The van der Waals surface area contributed by atoms with E-state index in [0.29, 0.717) is 18.1 Å². The van der Waals surface area contributed by atoms with Crippen molar-refractivity contribution in [2.24, 2.45) is 0 Å². The van der Waals surface area contributed by atoms with Gasteiger partial charge in [-0.15, -0.1) is 0 Å². The van der Waals surface area contributed by atoms with E-state index >= 15 is 0 Å². The number of nitrogens with one attached hydrogen (secondary N) is 2. The van der Waals surface area contributed by atoms with Gasteiger partial charge in [0.2, 0.25) is 5.91 Å². The van der Waals surface area contributed by atoms with Gasteiger partial charge in [0.05, 0.1) is 0 Å². The molecule has 0 atom stereocenters. The maximum absolute atomic E-state index is 11.6. The highest BCUT2D eigenvalue weighted by Gasteiger charge is 2.04. The fourth-order valence-corrected chi connectivity index (χ4v) is 1.91. The molecule has 0 fully saturated rings. The van der Waals surface area contributed by atoms with Gasteiger partial charge in [0.25, 0.3) is 0 Å². The summed E-state index contributed by atoms with van der Waals surface area (Å²) in [6.07, 6.45) is 5.23. The van der Waals surface area contributed by atoms with Gasteiger partial charge in [0.15, 0.2) is 5.11 Å². The molecular weight excluding hydrogens is 284 g/mol. The van der Waals surface area contributed by atoms with Crippen LogP contribution in [-0.2, 0) is 4.79 Å². The number of rotatable bonds is 8. The van der Waals surface area contributed by atoms with Gasteiger partial charge in [-0.2, -0.15) is 0 Å². The van der Waals surface area contributed by atoms with Crippen LogP contribution < -0.4 is 15.4 Å². The van der Waals surface area contributed by atoms with Crippen LogP contribution in [0.1, 0.15) is 32.6 Å². The van der Waals surface area contributed by atoms with E-state index in [4.69, 9.17) is 17.0 Å². The number of benzene rings is 1. The Kier molecular flexibility index (Phi) is 8.12. The zero-order valence-electron chi connectivity index (χ0n) is 12.4. The first-order chi connectivity index (χ1) is 10.2. The van der Waals surface area contributed by atoms with Crippen molar-refractivity contribution in [1.82, 2.24) is 5.32 Å². The first-order valence-electron chi connectivity index (χ1n) is 7.10. The quantitative estimate of drug-likeness (QED) is 0.437. The highest BCUT2D eigenvalue weighted by atomic mass is 32.1. The first-order valence-corrected chi connectivity index (χ1v) is 7.51. The van der Waals surface area contributed by atoms with Gasteiger partial charge < -0.3 is 15.4 Å². The number of unbranched alkanes of at least 4 members (excludes halogenated alkanes) is 2. The van der Waals surface area contributed by atoms with Gasteiger partial charge in [-0.1, -0.05) is 32.4 Å². The molecule has 0 radical (unpaired) electrons. The van der Waals surface area contributed by atoms with E-state index in [0.717, 1.165) is 30.7 Å². The van der Waals surface area contributed by atoms with Crippen LogP contribution in [0.2, 0.25) is 0 Å². The molecule has 4 nitrogen and oxygen atoms in total. The van der Waals surface area contributed by atoms with Crippen LogP contribution >= 0.6 is 12.2 Å². The zero-order valence-corrected chi connectivity index (χ0v) is 13.2. The summed E-state index contributed by atoms with van der Waals surface area (Å²) in [6, 6.07) is 7.34. The molecule has 0 bridgehead atoms. The Morgan fingerprint density at radius 1 is 1.33 bits per heavy atom. The normalized spacial score (nSPS) is 9.76. The van der Waals surface area contributed by atoms with Gasteiger partial charge in [-0.3, -0.25) is 4.79 Å². The molecule has 0 spiro atoms. The van der Waals surface area contributed by atoms with Crippen molar-refractivity contribution in [1.29, 1.82) is 0 Å². The van der Waals surface area contributed by atoms with Crippen molar-refractivity contribution in [2.75, 3.05) is 11.9 Å². The first kappa shape index (κ1) is 17.2. The molecule has 1 amide bonds. The fourth-order valence-electron chi connectivity index (χ4n) is 1.68. The van der Waals surface area contributed by atoms with E-state index in [1.54, 1.807) is 6.08 Å². The van der Waals surface area contributed by atoms with Gasteiger partial charge in [0, 0.05) is 12.1 Å². The number of amides is 1. The SMILES string of the molecule is C=CCOc1ccc(NC(=S)NC(=O)CCCCC)cc1. The van der Waals surface area contributed by atoms with Crippen LogP contribution in [0.3, 0.4) is 0 Å². The monoisotopic (exact) mass is 306 g/mol. The number of thiocarbonyl (C=S) groups is 1. The summed E-state index contributed by atoms with van der Waals surface area (Å²) in [4.78, 5) is 11.6. The van der Waals surface area contributed by atoms with E-state index in [2.05, 4.69) is 24.1 Å². The zero-order chi connectivity index (χ0) is 15.5. The van der Waals surface area contributed by atoms with E-state index in [-0.39, 0.29) is 5.91 Å². The molecule has 0 saturated heterocycles. The number of carbonyl (C=O) groups excluding carboxylic acids is 1. The summed E-state index contributed by atoms with van der Waals surface area (Å²) in [5, 5.41) is 5.96. The lowest BCUT2D eigenvalue weighted by atomic mass is 10.2. The summed E-state index contributed by atoms with van der Waals surface area (Å²) >= 11 is 5.11. The third-order valence-electron chi connectivity index (χ3n) is 2.74. The number of hydrogen-bond donors (Lipinski definition) is 2. The molecule has 0 aromatic heterocycles. The van der Waals surface area contributed by atoms with Crippen LogP contribution in [0.15, 0.2) is 36.9 Å². The van der Waals surface area contributed by atoms with Crippen LogP contribution in [0.25, 0.3) is 0 Å². The van der Waals surface area contributed by atoms with Crippen molar-refractivity contribution in [2.45, 2.75) is 32.6 Å². The van der Waals surface area contributed by atoms with Crippen molar-refractivity contribution in [3.8, 4) is 5.75 Å². The standard InChI is InChI=1S/C16H22N2O2S/c1-3-5-6-7-15(19)18-16(21)17-13-8-10-14(11-9-13)20-12-4-2/h4,8-11H,2-3,5-7,12H2,1H3,(H2,17,18,19,21). The fraction of sp³-hybridized carbons (Fsp3) is 0.375. The summed E-state index contributed by atoms with van der Waals surface area (Å²) in [7, 11) is 0. The van der Waals surface area contributed by atoms with Crippen LogP contribution in [-0.4, -0.2) is 17.6 Å². The number of carbonyl (C=O) groups is 1. The highest BCUT2D eigenvalue weighted by Crippen LogP contribution is 2.15. The Labute approximate surface area is 131 Å². The molecule has 0 heterocycles. The number of anilines is 1. The molecule has 0 unspecified atom stereocenters. The van der Waals surface area contributed by atoms with E-state index in [1.165, 1.54) is 0 Å². The van der Waals surface area contributed by atoms with Crippen molar-refractivity contribution in [3.05, 3.63) is 36.9 Å². The third-order valence-corrected chi connectivity index (χ3v) is 2.94. The second kappa shape index (κ2) is 9.94. The maximum Gasteiger partial charge on any atom is 0.226 e. The van der Waals surface area contributed by atoms with E-state index in [1.807, 2.05) is 24.3 Å². The predicted octanol–water partition coefficient (Wildman–Crippen LogP) is 3.64. The predicted molar refractivity (Wildman–Crippen MR) is 90.6 cm³/mol. The molecule has 5 heteroatoms. The van der Waals surface area contributed by atoms with Crippen molar-refractivity contribution < 1.29 is 9.53 Å². The molecular formula is C16H22N2O2S. The largest absolute Gasteiger partial charge is 0.490 e. The minimum absolute atomic E-state index is 0.0492. The van der Waals surface area contributed by atoms with Gasteiger partial charge >= 0.3 is 0 Å². The Hall–Kier alpha value is -1.88. The Morgan fingerprint density at radius 3 is 2.67 bits per heavy atom. The van der Waals surface area contributed by atoms with Gasteiger partial charge in [-0.25, -0.2) is 0 Å². The summed E-state index contributed by atoms with van der Waals surface area (Å²) in [6.45, 7) is 6.17. The lowest BCUT2D eigenvalue weighted by Gasteiger charge is -2.10. The van der Waals surface area contributed by atoms with E-state index < -0.39 is 0 Å². The molecule has 1 aromatic carbocycles. The lowest BCUT2D eigenvalue weighted by molar-refractivity contribution is -0.119. The van der Waals surface area contributed by atoms with E-state index in [9.17, 15) is 4.79 Å². The molecule has 114 valence electrons. The van der Waals surface area contributed by atoms with Crippen LogP contribution in [0.4, 0.5) is 5.69 Å². The molecule has 0 aliphatic rings. The Bertz CT molecular complexity index is 472. The Balaban J connectivity index is 2.36. The van der Waals surface area contributed by atoms with Crippen LogP contribution in [0, 0.1) is 0 Å². The molecule has 2 N–H and O–H groups in total. The third kappa shape index (κ3) is 7.46. The smallest absolute Gasteiger partial charge is 0.226 e. The second-order valence-electron chi connectivity index (χ2n) is 4.58. The summed E-state index contributed by atoms with van der Waals surface area (Å²) in [5.74, 6) is 0.710. The minimum Gasteiger partial charge on any atom is -0.490 e. The maximum atomic E-state index is 11.6. The summed E-state index contributed by atoms with van der Waals surface area (Å²) in [5.41, 5.74) is 0.805. The second-order valence-corrected chi connectivity index (χ2v) is 4.99. The highest BCUT2D eigenvalue weighted by molar-refractivity contribution is 7.80. The lowest BCUT2D eigenvalue weighted by Crippen LogP contribution is -2.33. The average molecular weight is 306 g/mol. The molecule has 0 aliphatic heterocycles. The Morgan fingerprint density at radius 2 is 2.05 bits per heavy atom. The molecule has 1 aromatic rings. The minimum atomic E-state index is -0.0492. The topological polar surface area (TPSA) is 50.4 Å².